The average Bonchev–Trinajstić information content (AvgIpc) is 2.84. The molecule has 1 saturated heterocycles. The van der Waals surface area contributed by atoms with E-state index in [0.29, 0.717) is 12.1 Å². The van der Waals surface area contributed by atoms with Crippen LogP contribution in [0.4, 0.5) is 10.5 Å². The molecule has 0 radical (unpaired) electrons. The highest BCUT2D eigenvalue weighted by Crippen LogP contribution is 2.48. The van der Waals surface area contributed by atoms with Gasteiger partial charge in [0.15, 0.2) is 0 Å². The lowest BCUT2D eigenvalue weighted by atomic mass is 9.84. The molecule has 1 N–H and O–H groups in total. The van der Waals surface area contributed by atoms with Gasteiger partial charge in [0.1, 0.15) is 0 Å². The maximum atomic E-state index is 12.6. The van der Waals surface area contributed by atoms with Crippen molar-refractivity contribution in [3.8, 4) is 0 Å². The van der Waals surface area contributed by atoms with Gasteiger partial charge < -0.3 is 15.0 Å². The molecule has 23 heavy (non-hydrogen) atoms. The first-order chi connectivity index (χ1) is 11.1. The molecule has 5 nitrogen and oxygen atoms in total. The van der Waals surface area contributed by atoms with Crippen molar-refractivity contribution in [2.24, 2.45) is 0 Å². The van der Waals surface area contributed by atoms with Crippen LogP contribution in [0.25, 0.3) is 0 Å². The van der Waals surface area contributed by atoms with Gasteiger partial charge in [-0.15, -0.1) is 0 Å². The molecule has 2 aliphatic heterocycles. The Hall–Kier alpha value is -2.82. The number of carbonyl (C=O) groups is 2. The molecule has 2 amide bonds. The van der Waals surface area contributed by atoms with Crippen molar-refractivity contribution in [3.05, 3.63) is 65.7 Å². The van der Waals surface area contributed by atoms with Crippen LogP contribution in [0.3, 0.4) is 0 Å². The standard InChI is InChI=1S/C18H16N2O3/c1-20-15(12-7-3-2-4-8-12)11-18(23-17(20)22)13-9-5-6-10-14(13)19-16(18)21/h2-10,15H,11H2,1H3,(H,19,21)/t15-,18+/m0/s1. The molecule has 2 heterocycles. The van der Waals surface area contributed by atoms with Gasteiger partial charge in [0.2, 0.25) is 5.60 Å². The van der Waals surface area contributed by atoms with E-state index in [9.17, 15) is 9.59 Å². The van der Waals surface area contributed by atoms with E-state index in [1.54, 1.807) is 11.9 Å². The zero-order valence-corrected chi connectivity index (χ0v) is 12.7. The minimum Gasteiger partial charge on any atom is -0.427 e. The van der Waals surface area contributed by atoms with Gasteiger partial charge >= 0.3 is 6.09 Å². The Morgan fingerprint density at radius 1 is 1.09 bits per heavy atom. The van der Waals surface area contributed by atoms with Crippen LogP contribution in [-0.4, -0.2) is 23.9 Å². The van der Waals surface area contributed by atoms with Crippen LogP contribution in [0, 0.1) is 0 Å². The molecule has 0 unspecified atom stereocenters. The van der Waals surface area contributed by atoms with Gasteiger partial charge in [0.05, 0.1) is 6.04 Å². The maximum Gasteiger partial charge on any atom is 0.411 e. The summed E-state index contributed by atoms with van der Waals surface area (Å²) >= 11 is 0. The fourth-order valence-electron chi connectivity index (χ4n) is 3.41. The van der Waals surface area contributed by atoms with E-state index in [0.717, 1.165) is 11.1 Å². The third-order valence-corrected chi connectivity index (χ3v) is 4.66. The highest BCUT2D eigenvalue weighted by atomic mass is 16.6. The number of hydrogen-bond acceptors (Lipinski definition) is 3. The third kappa shape index (κ3) is 1.93. The monoisotopic (exact) mass is 308 g/mol. The van der Waals surface area contributed by atoms with Crippen LogP contribution in [0.1, 0.15) is 23.6 Å². The second-order valence-electron chi connectivity index (χ2n) is 5.94. The molecule has 0 bridgehead atoms. The van der Waals surface area contributed by atoms with E-state index in [1.165, 1.54) is 0 Å². The molecule has 2 atom stereocenters. The van der Waals surface area contributed by atoms with Crippen LogP contribution >= 0.6 is 0 Å². The fourth-order valence-corrected chi connectivity index (χ4v) is 3.41. The molecule has 5 heteroatoms. The summed E-state index contributed by atoms with van der Waals surface area (Å²) in [5.41, 5.74) is 1.18. The van der Waals surface area contributed by atoms with Crippen molar-refractivity contribution in [2.75, 3.05) is 12.4 Å². The topological polar surface area (TPSA) is 58.6 Å². The number of fused-ring (bicyclic) bond motifs is 2. The van der Waals surface area contributed by atoms with E-state index >= 15 is 0 Å². The lowest BCUT2D eigenvalue weighted by Crippen LogP contribution is -2.51. The second kappa shape index (κ2) is 4.84. The van der Waals surface area contributed by atoms with E-state index in [1.807, 2.05) is 54.6 Å². The largest absolute Gasteiger partial charge is 0.427 e. The Kier molecular flexibility index (Phi) is 2.91. The molecule has 116 valence electrons. The smallest absolute Gasteiger partial charge is 0.411 e. The van der Waals surface area contributed by atoms with Crippen molar-refractivity contribution in [1.29, 1.82) is 0 Å². The number of rotatable bonds is 1. The first-order valence-corrected chi connectivity index (χ1v) is 7.53. The molecule has 2 aromatic carbocycles. The Balaban J connectivity index is 1.82. The van der Waals surface area contributed by atoms with Gasteiger partial charge in [-0.2, -0.15) is 0 Å². The van der Waals surface area contributed by atoms with Gasteiger partial charge in [0.25, 0.3) is 5.91 Å². The number of nitrogens with one attached hydrogen (secondary N) is 1. The number of carbonyl (C=O) groups excluding carboxylic acids is 2. The summed E-state index contributed by atoms with van der Waals surface area (Å²) in [5, 5.41) is 2.83. The van der Waals surface area contributed by atoms with Crippen LogP contribution in [0.2, 0.25) is 0 Å². The van der Waals surface area contributed by atoms with Crippen molar-refractivity contribution in [1.82, 2.24) is 4.90 Å². The summed E-state index contributed by atoms with van der Waals surface area (Å²) in [5.74, 6) is -0.277. The number of para-hydroxylation sites is 1. The van der Waals surface area contributed by atoms with Crippen LogP contribution in [0.15, 0.2) is 54.6 Å². The predicted octanol–water partition coefficient (Wildman–Crippen LogP) is 3.05. The van der Waals surface area contributed by atoms with Gasteiger partial charge in [-0.25, -0.2) is 4.79 Å². The van der Waals surface area contributed by atoms with Crippen molar-refractivity contribution in [3.63, 3.8) is 0 Å². The zero-order chi connectivity index (χ0) is 16.0. The summed E-state index contributed by atoms with van der Waals surface area (Å²) in [7, 11) is 1.70. The number of hydrogen-bond donors (Lipinski definition) is 1. The summed E-state index contributed by atoms with van der Waals surface area (Å²) < 4.78 is 5.61. The third-order valence-electron chi connectivity index (χ3n) is 4.66. The Morgan fingerprint density at radius 2 is 1.78 bits per heavy atom. The molecule has 2 aliphatic rings. The summed E-state index contributed by atoms with van der Waals surface area (Å²) in [6.45, 7) is 0. The summed E-state index contributed by atoms with van der Waals surface area (Å²) in [6, 6.07) is 16.9. The Labute approximate surface area is 133 Å². The Bertz CT molecular complexity index is 790. The van der Waals surface area contributed by atoms with Crippen LogP contribution in [0.5, 0.6) is 0 Å². The van der Waals surface area contributed by atoms with Gasteiger partial charge in [-0.1, -0.05) is 48.5 Å². The normalized spacial score (nSPS) is 26.0. The van der Waals surface area contributed by atoms with E-state index in [-0.39, 0.29) is 11.9 Å². The molecular formula is C18H16N2O3. The Morgan fingerprint density at radius 3 is 2.57 bits per heavy atom. The first kappa shape index (κ1) is 13.8. The molecule has 4 rings (SSSR count). The molecule has 0 saturated carbocycles. The van der Waals surface area contributed by atoms with Crippen LogP contribution < -0.4 is 5.32 Å². The lowest BCUT2D eigenvalue weighted by Gasteiger charge is -2.41. The molecule has 2 aromatic rings. The first-order valence-electron chi connectivity index (χ1n) is 7.53. The molecule has 1 spiro atoms. The minimum absolute atomic E-state index is 0.214. The van der Waals surface area contributed by atoms with Gasteiger partial charge in [-0.3, -0.25) is 4.79 Å². The summed E-state index contributed by atoms with van der Waals surface area (Å²) in [4.78, 5) is 26.6. The van der Waals surface area contributed by atoms with Crippen molar-refractivity contribution < 1.29 is 14.3 Å². The van der Waals surface area contributed by atoms with Gasteiger partial charge in [0, 0.05) is 24.7 Å². The molecule has 0 aromatic heterocycles. The van der Waals surface area contributed by atoms with E-state index in [4.69, 9.17) is 4.74 Å². The average molecular weight is 308 g/mol. The summed E-state index contributed by atoms with van der Waals surface area (Å²) in [6.07, 6.45) is -0.0980. The van der Waals surface area contributed by atoms with Crippen molar-refractivity contribution in [2.45, 2.75) is 18.1 Å². The quantitative estimate of drug-likeness (QED) is 0.881. The number of benzene rings is 2. The number of ether oxygens (including phenoxy) is 1. The lowest BCUT2D eigenvalue weighted by molar-refractivity contribution is -0.142. The van der Waals surface area contributed by atoms with Crippen LogP contribution in [-0.2, 0) is 15.1 Å². The molecule has 0 aliphatic carbocycles. The van der Waals surface area contributed by atoms with E-state index in [2.05, 4.69) is 5.32 Å². The minimum atomic E-state index is -1.25. The highest BCUT2D eigenvalue weighted by Gasteiger charge is 2.55. The highest BCUT2D eigenvalue weighted by molar-refractivity contribution is 6.06. The molecule has 1 fully saturated rings. The van der Waals surface area contributed by atoms with Gasteiger partial charge in [-0.05, 0) is 11.6 Å². The number of anilines is 1. The number of amides is 2. The van der Waals surface area contributed by atoms with E-state index < -0.39 is 11.7 Å². The predicted molar refractivity (Wildman–Crippen MR) is 84.8 cm³/mol. The molecular weight excluding hydrogens is 292 g/mol. The maximum absolute atomic E-state index is 12.6. The zero-order valence-electron chi connectivity index (χ0n) is 12.7. The fraction of sp³-hybridized carbons (Fsp3) is 0.222. The SMILES string of the molecule is CN1C(=O)O[C@@]2(C[C@H]1c1ccccc1)C(=O)Nc1ccccc12. The second-order valence-corrected chi connectivity index (χ2v) is 5.94. The van der Waals surface area contributed by atoms with Crippen molar-refractivity contribution >= 4 is 17.7 Å². The number of nitrogens with zero attached hydrogens (tertiary/aromatic N) is 1.